The maximum Gasteiger partial charge on any atom is 0.266 e. The highest BCUT2D eigenvalue weighted by Crippen LogP contribution is 2.22. The van der Waals surface area contributed by atoms with Gasteiger partial charge >= 0.3 is 0 Å². The number of carbonyl (C=O) groups excluding carboxylic acids is 2. The minimum atomic E-state index is -4.14. The third kappa shape index (κ3) is 7.84. The Morgan fingerprint density at radius 3 is 2.09 bits per heavy atom. The van der Waals surface area contributed by atoms with E-state index in [2.05, 4.69) is 38.5 Å². The summed E-state index contributed by atoms with van der Waals surface area (Å²) < 4.78 is 31.3. The standard InChI is InChI=1S/C23H22IN3O5S/c24-18-8-12-20(13-9-18)27-23(29)21(16-4-2-1-3-5-16)26-19-10-6-17(7-11-19)22(28)25-14-15-33(30,31)32/h1-13,21,26H,14-15H2,(H,25,28)(H,27,29)(H,30,31,32)/t21-/m1/s1. The van der Waals surface area contributed by atoms with Gasteiger partial charge < -0.3 is 16.0 Å². The third-order valence-electron chi connectivity index (χ3n) is 4.61. The van der Waals surface area contributed by atoms with Crippen molar-refractivity contribution < 1.29 is 22.6 Å². The van der Waals surface area contributed by atoms with Gasteiger partial charge in [0.1, 0.15) is 6.04 Å². The van der Waals surface area contributed by atoms with Crippen molar-refractivity contribution in [2.45, 2.75) is 6.04 Å². The maximum atomic E-state index is 13.1. The number of hydrogen-bond acceptors (Lipinski definition) is 5. The van der Waals surface area contributed by atoms with Crippen molar-refractivity contribution in [2.75, 3.05) is 22.9 Å². The molecule has 0 saturated carbocycles. The van der Waals surface area contributed by atoms with E-state index in [1.54, 1.807) is 24.3 Å². The van der Waals surface area contributed by atoms with Gasteiger partial charge in [0.05, 0.1) is 5.75 Å². The first-order valence-corrected chi connectivity index (χ1v) is 12.6. The largest absolute Gasteiger partial charge is 0.370 e. The average molecular weight is 579 g/mol. The number of anilines is 2. The van der Waals surface area contributed by atoms with Gasteiger partial charge in [-0.3, -0.25) is 14.1 Å². The predicted octanol–water partition coefficient (Wildman–Crippen LogP) is 3.70. The number of benzene rings is 3. The topological polar surface area (TPSA) is 125 Å². The number of amides is 2. The van der Waals surface area contributed by atoms with Gasteiger partial charge in [-0.2, -0.15) is 8.42 Å². The molecule has 0 radical (unpaired) electrons. The molecule has 0 saturated heterocycles. The molecule has 1 atom stereocenters. The van der Waals surface area contributed by atoms with E-state index in [9.17, 15) is 18.0 Å². The molecule has 33 heavy (non-hydrogen) atoms. The molecule has 2 amide bonds. The second-order valence-electron chi connectivity index (χ2n) is 7.10. The molecule has 4 N–H and O–H groups in total. The quantitative estimate of drug-likeness (QED) is 0.227. The smallest absolute Gasteiger partial charge is 0.266 e. The van der Waals surface area contributed by atoms with Crippen LogP contribution in [0.3, 0.4) is 0 Å². The van der Waals surface area contributed by atoms with Crippen LogP contribution in [0, 0.1) is 3.57 Å². The summed E-state index contributed by atoms with van der Waals surface area (Å²) in [4.78, 5) is 25.2. The summed E-state index contributed by atoms with van der Waals surface area (Å²) >= 11 is 2.19. The normalized spacial score (nSPS) is 11.9. The van der Waals surface area contributed by atoms with Crippen molar-refractivity contribution in [3.05, 3.63) is 93.6 Å². The van der Waals surface area contributed by atoms with E-state index in [4.69, 9.17) is 4.55 Å². The zero-order valence-corrected chi connectivity index (χ0v) is 20.3. The number of rotatable bonds is 9. The molecule has 0 fully saturated rings. The number of nitrogens with one attached hydrogen (secondary N) is 3. The van der Waals surface area contributed by atoms with Crippen LogP contribution in [-0.2, 0) is 14.9 Å². The molecule has 0 spiro atoms. The molecule has 8 nitrogen and oxygen atoms in total. The van der Waals surface area contributed by atoms with E-state index in [0.717, 1.165) is 9.13 Å². The summed E-state index contributed by atoms with van der Waals surface area (Å²) in [5.41, 5.74) is 2.39. The first-order chi connectivity index (χ1) is 15.7. The second-order valence-corrected chi connectivity index (χ2v) is 9.92. The summed E-state index contributed by atoms with van der Waals surface area (Å²) in [5.74, 6) is -1.28. The minimum Gasteiger partial charge on any atom is -0.370 e. The minimum absolute atomic E-state index is 0.202. The van der Waals surface area contributed by atoms with Gasteiger partial charge in [-0.25, -0.2) is 0 Å². The summed E-state index contributed by atoms with van der Waals surface area (Å²) in [5, 5.41) is 8.54. The van der Waals surface area contributed by atoms with Crippen molar-refractivity contribution in [1.82, 2.24) is 5.32 Å². The van der Waals surface area contributed by atoms with Crippen LogP contribution in [0.1, 0.15) is 22.0 Å². The van der Waals surface area contributed by atoms with Gasteiger partial charge in [-0.15, -0.1) is 0 Å². The molecule has 0 heterocycles. The van der Waals surface area contributed by atoms with Gasteiger partial charge in [-0.1, -0.05) is 30.3 Å². The molecule has 0 aliphatic carbocycles. The molecule has 10 heteroatoms. The van der Waals surface area contributed by atoms with Gasteiger partial charge in [0.2, 0.25) is 0 Å². The van der Waals surface area contributed by atoms with Crippen LogP contribution in [0.2, 0.25) is 0 Å². The van der Waals surface area contributed by atoms with E-state index in [0.29, 0.717) is 16.9 Å². The second kappa shape index (κ2) is 11.3. The summed E-state index contributed by atoms with van der Waals surface area (Å²) in [6, 6.07) is 22.5. The highest BCUT2D eigenvalue weighted by atomic mass is 127. The molecular formula is C23H22IN3O5S. The monoisotopic (exact) mass is 579 g/mol. The SMILES string of the molecule is O=C(NCCS(=O)(=O)O)c1ccc(N[C@@H](C(=O)Nc2ccc(I)cc2)c2ccccc2)cc1. The van der Waals surface area contributed by atoms with E-state index in [-0.39, 0.29) is 12.5 Å². The van der Waals surface area contributed by atoms with Crippen molar-refractivity contribution in [3.63, 3.8) is 0 Å². The van der Waals surface area contributed by atoms with Gasteiger partial charge in [-0.05, 0) is 76.7 Å². The zero-order chi connectivity index (χ0) is 23.8. The van der Waals surface area contributed by atoms with Crippen LogP contribution in [0.4, 0.5) is 11.4 Å². The van der Waals surface area contributed by atoms with Crippen molar-refractivity contribution >= 4 is 55.9 Å². The van der Waals surface area contributed by atoms with Crippen LogP contribution in [0.15, 0.2) is 78.9 Å². The van der Waals surface area contributed by atoms with Crippen LogP contribution in [-0.4, -0.2) is 37.1 Å². The Morgan fingerprint density at radius 2 is 1.48 bits per heavy atom. The highest BCUT2D eigenvalue weighted by molar-refractivity contribution is 14.1. The van der Waals surface area contributed by atoms with Crippen LogP contribution >= 0.6 is 22.6 Å². The fourth-order valence-corrected chi connectivity index (χ4v) is 3.69. The Labute approximate surface area is 205 Å². The van der Waals surface area contributed by atoms with Gasteiger partial charge in [0.15, 0.2) is 0 Å². The van der Waals surface area contributed by atoms with Crippen molar-refractivity contribution in [3.8, 4) is 0 Å². The number of halogens is 1. The average Bonchev–Trinajstić information content (AvgIpc) is 2.79. The summed E-state index contributed by atoms with van der Waals surface area (Å²) in [6.45, 7) is -0.202. The van der Waals surface area contributed by atoms with E-state index >= 15 is 0 Å². The first-order valence-electron chi connectivity index (χ1n) is 9.92. The summed E-state index contributed by atoms with van der Waals surface area (Å²) in [6.07, 6.45) is 0. The van der Waals surface area contributed by atoms with Crippen LogP contribution < -0.4 is 16.0 Å². The molecule has 0 bridgehead atoms. The van der Waals surface area contributed by atoms with E-state index in [1.807, 2.05) is 54.6 Å². The predicted molar refractivity (Wildman–Crippen MR) is 136 cm³/mol. The molecule has 0 aromatic heterocycles. The lowest BCUT2D eigenvalue weighted by Gasteiger charge is -2.20. The fourth-order valence-electron chi connectivity index (χ4n) is 2.97. The van der Waals surface area contributed by atoms with Crippen molar-refractivity contribution in [1.29, 1.82) is 0 Å². The maximum absolute atomic E-state index is 13.1. The molecule has 3 aromatic carbocycles. The van der Waals surface area contributed by atoms with E-state index < -0.39 is 27.8 Å². The van der Waals surface area contributed by atoms with Gasteiger partial charge in [0.25, 0.3) is 21.9 Å². The fraction of sp³-hybridized carbons (Fsp3) is 0.130. The Morgan fingerprint density at radius 1 is 0.879 bits per heavy atom. The number of carbonyl (C=O) groups is 2. The lowest BCUT2D eigenvalue weighted by molar-refractivity contribution is -0.117. The Hall–Kier alpha value is -2.96. The molecule has 0 aliphatic heterocycles. The molecule has 3 aromatic rings. The summed E-state index contributed by atoms with van der Waals surface area (Å²) in [7, 11) is -4.14. The first kappa shape index (κ1) is 24.7. The van der Waals surface area contributed by atoms with Crippen LogP contribution in [0.5, 0.6) is 0 Å². The Kier molecular flexibility index (Phi) is 8.42. The van der Waals surface area contributed by atoms with Gasteiger partial charge in [0, 0.05) is 27.1 Å². The van der Waals surface area contributed by atoms with Crippen LogP contribution in [0.25, 0.3) is 0 Å². The molecule has 0 aliphatic rings. The molecular weight excluding hydrogens is 557 g/mol. The lowest BCUT2D eigenvalue weighted by Crippen LogP contribution is -2.29. The van der Waals surface area contributed by atoms with E-state index in [1.165, 1.54) is 0 Å². The highest BCUT2D eigenvalue weighted by Gasteiger charge is 2.21. The number of hydrogen-bond donors (Lipinski definition) is 4. The van der Waals surface area contributed by atoms with Crippen molar-refractivity contribution in [2.24, 2.45) is 0 Å². The molecule has 172 valence electrons. The lowest BCUT2D eigenvalue weighted by atomic mass is 10.1. The third-order valence-corrected chi connectivity index (χ3v) is 6.05. The molecule has 3 rings (SSSR count). The zero-order valence-electron chi connectivity index (χ0n) is 17.4. The Balaban J connectivity index is 1.71. The Bertz CT molecular complexity index is 1200. The molecule has 0 unspecified atom stereocenters.